The third-order valence-corrected chi connectivity index (χ3v) is 4.75. The van der Waals surface area contributed by atoms with Crippen LogP contribution < -0.4 is 20.1 Å². The zero-order valence-corrected chi connectivity index (χ0v) is 17.2. The van der Waals surface area contributed by atoms with Crippen LogP contribution in [0.4, 0.5) is 4.39 Å². The zero-order chi connectivity index (χ0) is 20.6. The number of benzene rings is 1. The van der Waals surface area contributed by atoms with Crippen molar-refractivity contribution in [1.29, 1.82) is 0 Å². The molecule has 7 heteroatoms. The monoisotopic (exact) mass is 400 g/mol. The highest BCUT2D eigenvalue weighted by molar-refractivity contribution is 5.80. The third-order valence-electron chi connectivity index (χ3n) is 4.75. The molecular formula is C22H29FN4O2. The first kappa shape index (κ1) is 20.9. The normalized spacial score (nSPS) is 15.0. The number of aliphatic imine (C=N–C) groups is 1. The SMILES string of the molecule is CCNC(=NCc1ccnc(OC)c1)NC(C)c1ccc(OCC2CC2)c(F)c1. The van der Waals surface area contributed by atoms with Gasteiger partial charge in [0, 0.05) is 18.8 Å². The molecule has 0 saturated heterocycles. The number of hydrogen-bond donors (Lipinski definition) is 2. The number of nitrogens with zero attached hydrogens (tertiary/aromatic N) is 2. The van der Waals surface area contributed by atoms with Crippen LogP contribution in [0.25, 0.3) is 0 Å². The molecule has 2 aromatic rings. The van der Waals surface area contributed by atoms with Crippen molar-refractivity contribution in [3.05, 3.63) is 53.5 Å². The van der Waals surface area contributed by atoms with Gasteiger partial charge in [0.25, 0.3) is 0 Å². The highest BCUT2D eigenvalue weighted by Crippen LogP contribution is 2.30. The predicted octanol–water partition coefficient (Wildman–Crippen LogP) is 3.83. The summed E-state index contributed by atoms with van der Waals surface area (Å²) in [6, 6.07) is 8.75. The third kappa shape index (κ3) is 6.34. The lowest BCUT2D eigenvalue weighted by molar-refractivity contribution is 0.285. The molecule has 0 bridgehead atoms. The summed E-state index contributed by atoms with van der Waals surface area (Å²) in [5, 5.41) is 6.55. The van der Waals surface area contributed by atoms with Crippen molar-refractivity contribution in [3.8, 4) is 11.6 Å². The van der Waals surface area contributed by atoms with Gasteiger partial charge in [-0.25, -0.2) is 14.4 Å². The van der Waals surface area contributed by atoms with E-state index in [0.29, 0.717) is 36.7 Å². The molecule has 29 heavy (non-hydrogen) atoms. The quantitative estimate of drug-likeness (QED) is 0.495. The first-order valence-corrected chi connectivity index (χ1v) is 10.0. The number of halogens is 1. The van der Waals surface area contributed by atoms with E-state index in [2.05, 4.69) is 20.6 Å². The Bertz CT molecular complexity index is 839. The van der Waals surface area contributed by atoms with Crippen LogP contribution in [-0.2, 0) is 6.54 Å². The molecule has 3 rings (SSSR count). The van der Waals surface area contributed by atoms with Crippen LogP contribution in [0, 0.1) is 11.7 Å². The molecule has 1 aliphatic rings. The molecule has 0 spiro atoms. The number of hydrogen-bond acceptors (Lipinski definition) is 4. The molecule has 156 valence electrons. The Labute approximate surface area is 171 Å². The summed E-state index contributed by atoms with van der Waals surface area (Å²) in [4.78, 5) is 8.72. The number of guanidine groups is 1. The van der Waals surface area contributed by atoms with Gasteiger partial charge >= 0.3 is 0 Å². The number of nitrogens with one attached hydrogen (secondary N) is 2. The van der Waals surface area contributed by atoms with Gasteiger partial charge in [-0.2, -0.15) is 0 Å². The lowest BCUT2D eigenvalue weighted by atomic mass is 10.1. The first-order valence-electron chi connectivity index (χ1n) is 10.0. The summed E-state index contributed by atoms with van der Waals surface area (Å²) < 4.78 is 25.1. The number of methoxy groups -OCH3 is 1. The number of rotatable bonds is 9. The molecule has 0 amide bonds. The molecule has 0 radical (unpaired) electrons. The van der Waals surface area contributed by atoms with Crippen LogP contribution in [0.15, 0.2) is 41.5 Å². The van der Waals surface area contributed by atoms with E-state index in [-0.39, 0.29) is 11.9 Å². The standard InChI is InChI=1S/C22H29FN4O2/c1-4-24-22(26-13-17-9-10-25-21(11-17)28-3)27-15(2)18-7-8-20(19(23)12-18)29-14-16-5-6-16/h7-12,15-16H,4-6,13-14H2,1-3H3,(H2,24,26,27). The summed E-state index contributed by atoms with van der Waals surface area (Å²) in [6.45, 7) is 5.77. The van der Waals surface area contributed by atoms with Crippen molar-refractivity contribution in [1.82, 2.24) is 15.6 Å². The maximum absolute atomic E-state index is 14.4. The number of aromatic nitrogens is 1. The van der Waals surface area contributed by atoms with Crippen LogP contribution in [0.3, 0.4) is 0 Å². The Morgan fingerprint density at radius 3 is 2.83 bits per heavy atom. The van der Waals surface area contributed by atoms with Crippen LogP contribution in [0.2, 0.25) is 0 Å². The maximum Gasteiger partial charge on any atom is 0.213 e. The van der Waals surface area contributed by atoms with Crippen molar-refractivity contribution in [2.75, 3.05) is 20.3 Å². The van der Waals surface area contributed by atoms with Gasteiger partial charge in [-0.1, -0.05) is 6.07 Å². The first-order chi connectivity index (χ1) is 14.1. The van der Waals surface area contributed by atoms with E-state index in [4.69, 9.17) is 9.47 Å². The molecule has 1 saturated carbocycles. The Balaban J connectivity index is 1.63. The van der Waals surface area contributed by atoms with Gasteiger partial charge in [0.15, 0.2) is 17.5 Å². The van der Waals surface area contributed by atoms with E-state index >= 15 is 0 Å². The average Bonchev–Trinajstić information content (AvgIpc) is 3.56. The van der Waals surface area contributed by atoms with Crippen molar-refractivity contribution in [2.24, 2.45) is 10.9 Å². The zero-order valence-electron chi connectivity index (χ0n) is 17.2. The fraction of sp³-hybridized carbons (Fsp3) is 0.455. The summed E-state index contributed by atoms with van der Waals surface area (Å²) in [5.74, 6) is 1.80. The largest absolute Gasteiger partial charge is 0.490 e. The molecule has 1 heterocycles. The van der Waals surface area contributed by atoms with E-state index in [1.54, 1.807) is 19.4 Å². The Morgan fingerprint density at radius 2 is 2.14 bits per heavy atom. The van der Waals surface area contributed by atoms with Crippen molar-refractivity contribution >= 4 is 5.96 Å². The van der Waals surface area contributed by atoms with Gasteiger partial charge in [0.2, 0.25) is 5.88 Å². The number of pyridine rings is 1. The van der Waals surface area contributed by atoms with Gasteiger partial charge in [0.05, 0.1) is 26.3 Å². The van der Waals surface area contributed by atoms with E-state index in [1.165, 1.54) is 18.9 Å². The number of ether oxygens (including phenoxy) is 2. The van der Waals surface area contributed by atoms with Crippen LogP contribution in [-0.4, -0.2) is 31.2 Å². The molecular weight excluding hydrogens is 371 g/mol. The minimum absolute atomic E-state index is 0.119. The predicted molar refractivity (Wildman–Crippen MR) is 112 cm³/mol. The van der Waals surface area contributed by atoms with Gasteiger partial charge in [-0.3, -0.25) is 0 Å². The topological polar surface area (TPSA) is 67.8 Å². The van der Waals surface area contributed by atoms with Gasteiger partial charge < -0.3 is 20.1 Å². The van der Waals surface area contributed by atoms with Crippen LogP contribution in [0.5, 0.6) is 11.6 Å². The molecule has 1 aromatic carbocycles. The van der Waals surface area contributed by atoms with Crippen molar-refractivity contribution in [3.63, 3.8) is 0 Å². The molecule has 1 aliphatic carbocycles. The molecule has 1 fully saturated rings. The Kier molecular flexibility index (Phi) is 7.27. The second-order valence-electron chi connectivity index (χ2n) is 7.21. The minimum atomic E-state index is -0.331. The van der Waals surface area contributed by atoms with Crippen LogP contribution >= 0.6 is 0 Å². The molecule has 0 aliphatic heterocycles. The second-order valence-corrected chi connectivity index (χ2v) is 7.21. The van der Waals surface area contributed by atoms with Gasteiger partial charge in [-0.15, -0.1) is 0 Å². The average molecular weight is 400 g/mol. The maximum atomic E-state index is 14.4. The van der Waals surface area contributed by atoms with E-state index < -0.39 is 0 Å². The molecule has 2 N–H and O–H groups in total. The molecule has 1 atom stereocenters. The van der Waals surface area contributed by atoms with Gasteiger partial charge in [0.1, 0.15) is 0 Å². The van der Waals surface area contributed by atoms with Crippen molar-refractivity contribution in [2.45, 2.75) is 39.3 Å². The highest BCUT2D eigenvalue weighted by Gasteiger charge is 2.22. The molecule has 1 unspecified atom stereocenters. The summed E-state index contributed by atoms with van der Waals surface area (Å²) >= 11 is 0. The lowest BCUT2D eigenvalue weighted by Gasteiger charge is -2.19. The summed E-state index contributed by atoms with van der Waals surface area (Å²) in [6.07, 6.45) is 4.06. The fourth-order valence-corrected chi connectivity index (χ4v) is 2.83. The lowest BCUT2D eigenvalue weighted by Crippen LogP contribution is -2.38. The smallest absolute Gasteiger partial charge is 0.213 e. The van der Waals surface area contributed by atoms with E-state index in [0.717, 1.165) is 17.7 Å². The molecule has 1 aromatic heterocycles. The van der Waals surface area contributed by atoms with Gasteiger partial charge in [-0.05, 0) is 61.9 Å². The Morgan fingerprint density at radius 1 is 1.31 bits per heavy atom. The van der Waals surface area contributed by atoms with E-state index in [9.17, 15) is 4.39 Å². The second kappa shape index (κ2) is 10.1. The Hall–Kier alpha value is -2.83. The van der Waals surface area contributed by atoms with Crippen molar-refractivity contribution < 1.29 is 13.9 Å². The summed E-state index contributed by atoms with van der Waals surface area (Å²) in [5.41, 5.74) is 1.82. The molecule has 6 nitrogen and oxygen atoms in total. The van der Waals surface area contributed by atoms with E-state index in [1.807, 2.05) is 32.0 Å². The summed E-state index contributed by atoms with van der Waals surface area (Å²) in [7, 11) is 1.59. The fourth-order valence-electron chi connectivity index (χ4n) is 2.83. The highest BCUT2D eigenvalue weighted by atomic mass is 19.1. The van der Waals surface area contributed by atoms with Crippen LogP contribution in [0.1, 0.15) is 43.9 Å². The minimum Gasteiger partial charge on any atom is -0.490 e.